The van der Waals surface area contributed by atoms with Crippen molar-refractivity contribution in [1.82, 2.24) is 4.90 Å². The van der Waals surface area contributed by atoms with Gasteiger partial charge in [-0.25, -0.2) is 0 Å². The van der Waals surface area contributed by atoms with Gasteiger partial charge in [-0.15, -0.1) is 0 Å². The van der Waals surface area contributed by atoms with E-state index in [-0.39, 0.29) is 23.8 Å². The number of benzene rings is 2. The highest BCUT2D eigenvalue weighted by molar-refractivity contribution is 5.95. The number of hydrogen-bond donors (Lipinski definition) is 1. The number of anilines is 1. The van der Waals surface area contributed by atoms with E-state index >= 15 is 0 Å². The maximum Gasteiger partial charge on any atom is 0.230 e. The van der Waals surface area contributed by atoms with Crippen molar-refractivity contribution in [3.8, 4) is 5.75 Å². The lowest BCUT2D eigenvalue weighted by molar-refractivity contribution is -0.140. The number of rotatable bonds is 4. The highest BCUT2D eigenvalue weighted by Gasteiger charge is 2.38. The van der Waals surface area contributed by atoms with Crippen LogP contribution in [0.4, 0.5) is 5.69 Å². The fourth-order valence-corrected chi connectivity index (χ4v) is 3.39. The molecule has 130 valence electrons. The lowest BCUT2D eigenvalue weighted by Gasteiger charge is -2.38. The molecule has 0 aliphatic carbocycles. The van der Waals surface area contributed by atoms with Crippen molar-refractivity contribution in [3.05, 3.63) is 60.2 Å². The predicted octanol–water partition coefficient (Wildman–Crippen LogP) is 3.24. The number of ether oxygens (including phenoxy) is 1. The zero-order chi connectivity index (χ0) is 17.8. The van der Waals surface area contributed by atoms with Gasteiger partial charge in [0.1, 0.15) is 5.75 Å². The summed E-state index contributed by atoms with van der Waals surface area (Å²) in [6, 6.07) is 16.8. The minimum absolute atomic E-state index is 0.0650. The number of amides is 2. The first-order valence-electron chi connectivity index (χ1n) is 8.36. The monoisotopic (exact) mass is 338 g/mol. The van der Waals surface area contributed by atoms with Crippen LogP contribution in [-0.2, 0) is 9.59 Å². The molecule has 1 N–H and O–H groups in total. The Morgan fingerprint density at radius 2 is 1.80 bits per heavy atom. The lowest BCUT2D eigenvalue weighted by atomic mass is 9.84. The molecule has 0 radical (unpaired) electrons. The van der Waals surface area contributed by atoms with Crippen LogP contribution in [0.1, 0.15) is 24.4 Å². The van der Waals surface area contributed by atoms with Crippen molar-refractivity contribution in [1.29, 1.82) is 0 Å². The molecule has 25 heavy (non-hydrogen) atoms. The van der Waals surface area contributed by atoms with E-state index in [1.807, 2.05) is 48.5 Å². The van der Waals surface area contributed by atoms with E-state index in [9.17, 15) is 9.59 Å². The maximum absolute atomic E-state index is 13.0. The fraction of sp³-hybridized carbons (Fsp3) is 0.300. The fourth-order valence-electron chi connectivity index (χ4n) is 3.39. The molecular formula is C20H22N2O3. The number of carbonyl (C=O) groups is 2. The van der Waals surface area contributed by atoms with E-state index in [0.29, 0.717) is 24.3 Å². The van der Waals surface area contributed by atoms with Crippen LogP contribution in [-0.4, -0.2) is 30.9 Å². The topological polar surface area (TPSA) is 58.6 Å². The van der Waals surface area contributed by atoms with Crippen LogP contribution >= 0.6 is 0 Å². The molecule has 2 aromatic carbocycles. The minimum Gasteiger partial charge on any atom is -0.495 e. The van der Waals surface area contributed by atoms with Crippen molar-refractivity contribution in [3.63, 3.8) is 0 Å². The average molecular weight is 338 g/mol. The van der Waals surface area contributed by atoms with E-state index in [1.165, 1.54) is 0 Å². The number of nitrogens with one attached hydrogen (secondary N) is 1. The van der Waals surface area contributed by atoms with Gasteiger partial charge in [-0.1, -0.05) is 42.5 Å². The Kier molecular flexibility index (Phi) is 5.03. The Bertz CT molecular complexity index is 761. The highest BCUT2D eigenvalue weighted by atomic mass is 16.5. The Hall–Kier alpha value is -2.82. The third-order valence-electron chi connectivity index (χ3n) is 4.70. The number of para-hydroxylation sites is 2. The van der Waals surface area contributed by atoms with Gasteiger partial charge in [0.25, 0.3) is 0 Å². The van der Waals surface area contributed by atoms with Gasteiger partial charge in [0.2, 0.25) is 11.8 Å². The molecule has 1 fully saturated rings. The zero-order valence-corrected chi connectivity index (χ0v) is 14.4. The Labute approximate surface area is 147 Å². The standard InChI is InChI=1S/C20H22N2O3/c1-22-18(23)13-12-15(19(22)14-8-4-3-5-9-14)20(24)21-16-10-6-7-11-17(16)25-2/h3-11,15,19H,12-13H2,1-2H3,(H,21,24)/t15-,19-/m1/s1. The van der Waals surface area contributed by atoms with Gasteiger partial charge >= 0.3 is 0 Å². The normalized spacial score (nSPS) is 20.2. The van der Waals surface area contributed by atoms with E-state index in [2.05, 4.69) is 5.32 Å². The number of nitrogens with zero attached hydrogens (tertiary/aromatic N) is 1. The van der Waals surface area contributed by atoms with E-state index in [0.717, 1.165) is 5.56 Å². The first kappa shape index (κ1) is 17.0. The van der Waals surface area contributed by atoms with Crippen LogP contribution in [0.3, 0.4) is 0 Å². The molecule has 0 saturated carbocycles. The Morgan fingerprint density at radius 3 is 2.52 bits per heavy atom. The van der Waals surface area contributed by atoms with Crippen molar-refractivity contribution in [2.45, 2.75) is 18.9 Å². The number of carbonyl (C=O) groups excluding carboxylic acids is 2. The van der Waals surface area contributed by atoms with Crippen molar-refractivity contribution in [2.75, 3.05) is 19.5 Å². The van der Waals surface area contributed by atoms with Gasteiger partial charge in [-0.05, 0) is 24.1 Å². The summed E-state index contributed by atoms with van der Waals surface area (Å²) in [5, 5.41) is 2.96. The van der Waals surface area contributed by atoms with Gasteiger partial charge in [-0.3, -0.25) is 9.59 Å². The lowest BCUT2D eigenvalue weighted by Crippen LogP contribution is -2.44. The van der Waals surface area contributed by atoms with E-state index in [1.54, 1.807) is 25.1 Å². The molecule has 1 aliphatic rings. The van der Waals surface area contributed by atoms with Crippen LogP contribution in [0.2, 0.25) is 0 Å². The minimum atomic E-state index is -0.310. The third kappa shape index (κ3) is 3.50. The van der Waals surface area contributed by atoms with E-state index in [4.69, 9.17) is 4.74 Å². The summed E-state index contributed by atoms with van der Waals surface area (Å²) in [6.45, 7) is 0. The molecule has 5 heteroatoms. The van der Waals surface area contributed by atoms with Crippen molar-refractivity contribution in [2.24, 2.45) is 5.92 Å². The maximum atomic E-state index is 13.0. The van der Waals surface area contributed by atoms with Crippen LogP contribution in [0.15, 0.2) is 54.6 Å². The summed E-state index contributed by atoms with van der Waals surface area (Å²) in [4.78, 5) is 26.8. The molecule has 0 bridgehead atoms. The number of methoxy groups -OCH3 is 1. The van der Waals surface area contributed by atoms with Crippen LogP contribution < -0.4 is 10.1 Å². The van der Waals surface area contributed by atoms with Crippen molar-refractivity contribution < 1.29 is 14.3 Å². The summed E-state index contributed by atoms with van der Waals surface area (Å²) >= 11 is 0. The molecular weight excluding hydrogens is 316 g/mol. The quantitative estimate of drug-likeness (QED) is 0.931. The molecule has 1 aliphatic heterocycles. The molecule has 5 nitrogen and oxygen atoms in total. The SMILES string of the molecule is COc1ccccc1NC(=O)[C@@H]1CCC(=O)N(C)[C@@H]1c1ccccc1. The summed E-state index contributed by atoms with van der Waals surface area (Å²) in [7, 11) is 3.34. The number of hydrogen-bond acceptors (Lipinski definition) is 3. The summed E-state index contributed by atoms with van der Waals surface area (Å²) in [5.74, 6) is 0.273. The number of likely N-dealkylation sites (tertiary alicyclic amines) is 1. The predicted molar refractivity (Wildman–Crippen MR) is 96.3 cm³/mol. The van der Waals surface area contributed by atoms with Gasteiger partial charge in [0, 0.05) is 13.5 Å². The van der Waals surface area contributed by atoms with Crippen molar-refractivity contribution >= 4 is 17.5 Å². The summed E-state index contributed by atoms with van der Waals surface area (Å²) in [5.41, 5.74) is 1.61. The first-order chi connectivity index (χ1) is 12.1. The molecule has 2 amide bonds. The van der Waals surface area contributed by atoms with E-state index < -0.39 is 0 Å². The van der Waals surface area contributed by atoms with Gasteiger partial charge in [0.05, 0.1) is 24.8 Å². The molecule has 0 unspecified atom stereocenters. The van der Waals surface area contributed by atoms with Crippen LogP contribution in [0, 0.1) is 5.92 Å². The zero-order valence-electron chi connectivity index (χ0n) is 14.4. The second kappa shape index (κ2) is 7.38. The average Bonchev–Trinajstić information content (AvgIpc) is 2.65. The molecule has 3 rings (SSSR count). The second-order valence-corrected chi connectivity index (χ2v) is 6.19. The molecule has 1 heterocycles. The molecule has 0 spiro atoms. The third-order valence-corrected chi connectivity index (χ3v) is 4.70. The molecule has 2 atom stereocenters. The number of piperidine rings is 1. The smallest absolute Gasteiger partial charge is 0.230 e. The summed E-state index contributed by atoms with van der Waals surface area (Å²) in [6.07, 6.45) is 0.910. The Balaban J connectivity index is 1.88. The van der Waals surface area contributed by atoms with Crippen LogP contribution in [0.5, 0.6) is 5.75 Å². The largest absolute Gasteiger partial charge is 0.495 e. The highest BCUT2D eigenvalue weighted by Crippen LogP contribution is 2.37. The summed E-state index contributed by atoms with van der Waals surface area (Å²) < 4.78 is 5.30. The van der Waals surface area contributed by atoms with Gasteiger partial charge in [0.15, 0.2) is 0 Å². The second-order valence-electron chi connectivity index (χ2n) is 6.19. The van der Waals surface area contributed by atoms with Gasteiger partial charge < -0.3 is 15.0 Å². The first-order valence-corrected chi connectivity index (χ1v) is 8.36. The molecule has 1 saturated heterocycles. The molecule has 0 aromatic heterocycles. The Morgan fingerprint density at radius 1 is 1.12 bits per heavy atom. The van der Waals surface area contributed by atoms with Gasteiger partial charge in [-0.2, -0.15) is 0 Å². The molecule has 2 aromatic rings. The van der Waals surface area contributed by atoms with Crippen LogP contribution in [0.25, 0.3) is 0 Å².